The van der Waals surface area contributed by atoms with E-state index >= 15 is 0 Å². The third-order valence-corrected chi connectivity index (χ3v) is 5.24. The van der Waals surface area contributed by atoms with Crippen LogP contribution < -0.4 is 5.73 Å². The van der Waals surface area contributed by atoms with Crippen LogP contribution in [0.25, 0.3) is 11.2 Å². The number of nitrogen functional groups attached to an aromatic ring is 1. The molecule has 2 fully saturated rings. The van der Waals surface area contributed by atoms with Gasteiger partial charge in [0.15, 0.2) is 17.0 Å². The molecule has 0 bridgehead atoms. The first-order valence-corrected chi connectivity index (χ1v) is 8.24. The molecule has 0 spiro atoms. The van der Waals surface area contributed by atoms with Gasteiger partial charge in [0.2, 0.25) is 0 Å². The molecule has 5 heteroatoms. The van der Waals surface area contributed by atoms with Crippen molar-refractivity contribution < 1.29 is 0 Å². The molecule has 4 rings (SSSR count). The Labute approximate surface area is 125 Å². The van der Waals surface area contributed by atoms with Crippen LogP contribution in [0, 0.1) is 0 Å². The fourth-order valence-electron chi connectivity index (χ4n) is 4.03. The highest BCUT2D eigenvalue weighted by Gasteiger charge is 2.26. The predicted octanol–water partition coefficient (Wildman–Crippen LogP) is 3.26. The van der Waals surface area contributed by atoms with E-state index in [1.165, 1.54) is 51.4 Å². The van der Waals surface area contributed by atoms with Crippen molar-refractivity contribution in [2.45, 2.75) is 63.2 Å². The molecule has 112 valence electrons. The third kappa shape index (κ3) is 2.10. The van der Waals surface area contributed by atoms with E-state index in [2.05, 4.69) is 16.6 Å². The summed E-state index contributed by atoms with van der Waals surface area (Å²) in [6, 6.07) is 0. The van der Waals surface area contributed by atoms with E-state index < -0.39 is 0 Å². The summed E-state index contributed by atoms with van der Waals surface area (Å²) < 4.78 is 2.15. The molecule has 0 radical (unpaired) electrons. The maximum absolute atomic E-state index is 6.18. The highest BCUT2D eigenvalue weighted by atomic mass is 15.1. The lowest BCUT2D eigenvalue weighted by atomic mass is 10.1. The molecule has 2 aromatic heterocycles. The van der Waals surface area contributed by atoms with Gasteiger partial charge in [0.25, 0.3) is 0 Å². The first-order valence-electron chi connectivity index (χ1n) is 8.24. The van der Waals surface area contributed by atoms with Gasteiger partial charge in [-0.05, 0) is 25.7 Å². The molecular weight excluding hydrogens is 262 g/mol. The summed E-state index contributed by atoms with van der Waals surface area (Å²) in [5.74, 6) is 3.69. The van der Waals surface area contributed by atoms with Crippen molar-refractivity contribution in [3.05, 3.63) is 11.6 Å². The number of hydrogen-bond donors (Lipinski definition) is 1. The summed E-state index contributed by atoms with van der Waals surface area (Å²) in [6.45, 7) is 0. The Morgan fingerprint density at radius 2 is 1.52 bits per heavy atom. The topological polar surface area (TPSA) is 69.6 Å². The van der Waals surface area contributed by atoms with Gasteiger partial charge >= 0.3 is 0 Å². The number of nitrogens with zero attached hydrogens (tertiary/aromatic N) is 4. The Morgan fingerprint density at radius 3 is 2.19 bits per heavy atom. The normalized spacial score (nSPS) is 20.8. The minimum absolute atomic E-state index is 0.488. The maximum atomic E-state index is 6.18. The van der Waals surface area contributed by atoms with Crippen molar-refractivity contribution in [1.29, 1.82) is 0 Å². The SMILES string of the molecule is Cn1c(C2CCCC2)nc2c(N)nc(C3CCCC3)nc21. The third-order valence-electron chi connectivity index (χ3n) is 5.24. The number of imidazole rings is 1. The van der Waals surface area contributed by atoms with E-state index in [1.54, 1.807) is 0 Å². The monoisotopic (exact) mass is 285 g/mol. The zero-order valence-corrected chi connectivity index (χ0v) is 12.7. The second kappa shape index (κ2) is 4.97. The average molecular weight is 285 g/mol. The van der Waals surface area contributed by atoms with Crippen molar-refractivity contribution in [3.63, 3.8) is 0 Å². The van der Waals surface area contributed by atoms with Gasteiger partial charge in [-0.25, -0.2) is 15.0 Å². The lowest BCUT2D eigenvalue weighted by molar-refractivity contribution is 0.634. The number of anilines is 1. The highest BCUT2D eigenvalue weighted by molar-refractivity contribution is 5.82. The van der Waals surface area contributed by atoms with Gasteiger partial charge in [-0.1, -0.05) is 25.7 Å². The Morgan fingerprint density at radius 1 is 0.905 bits per heavy atom. The molecule has 21 heavy (non-hydrogen) atoms. The fraction of sp³-hybridized carbons (Fsp3) is 0.688. The van der Waals surface area contributed by atoms with E-state index in [1.807, 2.05) is 0 Å². The number of rotatable bonds is 2. The largest absolute Gasteiger partial charge is 0.382 e. The van der Waals surface area contributed by atoms with Crippen LogP contribution in [-0.4, -0.2) is 19.5 Å². The van der Waals surface area contributed by atoms with E-state index in [4.69, 9.17) is 15.7 Å². The summed E-state index contributed by atoms with van der Waals surface area (Å²) in [4.78, 5) is 14.1. The number of aryl methyl sites for hydroxylation is 1. The minimum atomic E-state index is 0.488. The van der Waals surface area contributed by atoms with Crippen molar-refractivity contribution in [1.82, 2.24) is 19.5 Å². The van der Waals surface area contributed by atoms with E-state index in [0.29, 0.717) is 17.7 Å². The molecule has 2 heterocycles. The Hall–Kier alpha value is -1.65. The Bertz CT molecular complexity index is 663. The average Bonchev–Trinajstić information content (AvgIpc) is 3.19. The lowest BCUT2D eigenvalue weighted by Crippen LogP contribution is -2.06. The smallest absolute Gasteiger partial charge is 0.165 e. The summed E-state index contributed by atoms with van der Waals surface area (Å²) in [7, 11) is 2.08. The van der Waals surface area contributed by atoms with Crippen molar-refractivity contribution >= 4 is 17.0 Å². The molecule has 2 N–H and O–H groups in total. The first-order chi connectivity index (χ1) is 10.2. The molecule has 0 unspecified atom stereocenters. The van der Waals surface area contributed by atoms with E-state index in [0.717, 1.165) is 22.8 Å². The van der Waals surface area contributed by atoms with Crippen LogP contribution >= 0.6 is 0 Å². The number of hydrogen-bond acceptors (Lipinski definition) is 4. The molecule has 2 saturated carbocycles. The quantitative estimate of drug-likeness (QED) is 0.919. The molecule has 2 aromatic rings. The fourth-order valence-corrected chi connectivity index (χ4v) is 4.03. The molecule has 5 nitrogen and oxygen atoms in total. The van der Waals surface area contributed by atoms with Crippen LogP contribution in [0.3, 0.4) is 0 Å². The van der Waals surface area contributed by atoms with Crippen LogP contribution in [0.4, 0.5) is 5.82 Å². The summed E-state index contributed by atoms with van der Waals surface area (Å²) in [5, 5.41) is 0. The summed E-state index contributed by atoms with van der Waals surface area (Å²) in [5.41, 5.74) is 7.89. The minimum Gasteiger partial charge on any atom is -0.382 e. The van der Waals surface area contributed by atoms with Crippen LogP contribution in [0.5, 0.6) is 0 Å². The van der Waals surface area contributed by atoms with Crippen molar-refractivity contribution in [3.8, 4) is 0 Å². The van der Waals surface area contributed by atoms with E-state index in [9.17, 15) is 0 Å². The number of aromatic nitrogens is 4. The number of fused-ring (bicyclic) bond motifs is 1. The van der Waals surface area contributed by atoms with Gasteiger partial charge in [0, 0.05) is 18.9 Å². The van der Waals surface area contributed by atoms with Crippen LogP contribution in [0.1, 0.15) is 74.9 Å². The zero-order chi connectivity index (χ0) is 14.4. The summed E-state index contributed by atoms with van der Waals surface area (Å²) in [6.07, 6.45) is 10.0. The van der Waals surface area contributed by atoms with Gasteiger partial charge in [-0.15, -0.1) is 0 Å². The van der Waals surface area contributed by atoms with Gasteiger partial charge in [-0.3, -0.25) is 0 Å². The standard InChI is InChI=1S/C16H23N5/c1-21-15(11-8-4-5-9-11)18-12-13(17)19-14(20-16(12)21)10-6-2-3-7-10/h10-11H,2-9H2,1H3,(H2,17,19,20). The van der Waals surface area contributed by atoms with E-state index in [-0.39, 0.29) is 0 Å². The van der Waals surface area contributed by atoms with Crippen molar-refractivity contribution in [2.75, 3.05) is 5.73 Å². The second-order valence-electron chi connectivity index (χ2n) is 6.63. The highest BCUT2D eigenvalue weighted by Crippen LogP contribution is 2.36. The molecular formula is C16H23N5. The Balaban J connectivity index is 1.81. The van der Waals surface area contributed by atoms with Gasteiger partial charge in [0.1, 0.15) is 11.6 Å². The molecule has 0 aliphatic heterocycles. The van der Waals surface area contributed by atoms with Gasteiger partial charge in [0.05, 0.1) is 0 Å². The second-order valence-corrected chi connectivity index (χ2v) is 6.63. The number of nitrogens with two attached hydrogens (primary N) is 1. The predicted molar refractivity (Wildman–Crippen MR) is 83.1 cm³/mol. The van der Waals surface area contributed by atoms with Gasteiger partial charge in [-0.2, -0.15) is 0 Å². The molecule has 2 aliphatic carbocycles. The molecule has 0 atom stereocenters. The van der Waals surface area contributed by atoms with Crippen LogP contribution in [0.2, 0.25) is 0 Å². The summed E-state index contributed by atoms with van der Waals surface area (Å²) >= 11 is 0. The zero-order valence-electron chi connectivity index (χ0n) is 12.7. The van der Waals surface area contributed by atoms with Gasteiger partial charge < -0.3 is 10.3 Å². The van der Waals surface area contributed by atoms with Crippen LogP contribution in [0.15, 0.2) is 0 Å². The van der Waals surface area contributed by atoms with Crippen LogP contribution in [-0.2, 0) is 7.05 Å². The molecule has 0 saturated heterocycles. The maximum Gasteiger partial charge on any atom is 0.165 e. The van der Waals surface area contributed by atoms with Crippen molar-refractivity contribution in [2.24, 2.45) is 7.05 Å². The first kappa shape index (κ1) is 13.0. The lowest BCUT2D eigenvalue weighted by Gasteiger charge is -2.10. The Kier molecular flexibility index (Phi) is 3.08. The molecule has 0 amide bonds. The molecule has 0 aromatic carbocycles. The molecule has 2 aliphatic rings.